The molecule has 0 N–H and O–H groups in total. The normalized spacial score (nSPS) is 15.4. The third-order valence-corrected chi connectivity index (χ3v) is 4.83. The Kier molecular flexibility index (Phi) is 4.51. The van der Waals surface area contributed by atoms with Gasteiger partial charge in [-0.2, -0.15) is 0 Å². The van der Waals surface area contributed by atoms with Crippen molar-refractivity contribution in [2.24, 2.45) is 5.92 Å². The van der Waals surface area contributed by atoms with Gasteiger partial charge >= 0.3 is 11.1 Å². The van der Waals surface area contributed by atoms with E-state index in [1.54, 1.807) is 17.0 Å². The Hall–Kier alpha value is -2.10. The highest BCUT2D eigenvalue weighted by atomic mass is 16.2. The summed E-state index contributed by atoms with van der Waals surface area (Å²) in [5.41, 5.74) is 1.07. The van der Waals surface area contributed by atoms with Crippen LogP contribution in [0.2, 0.25) is 0 Å². The molecule has 3 rings (SSSR count). The summed E-state index contributed by atoms with van der Waals surface area (Å²) in [6.45, 7) is 4.93. The van der Waals surface area contributed by atoms with Crippen LogP contribution in [0.1, 0.15) is 51.0 Å². The minimum Gasteiger partial charge on any atom is -0.309 e. The zero-order valence-electron chi connectivity index (χ0n) is 13.9. The van der Waals surface area contributed by atoms with E-state index in [1.165, 1.54) is 23.0 Å². The largest absolute Gasteiger partial charge is 0.320 e. The van der Waals surface area contributed by atoms with E-state index in [2.05, 4.69) is 13.8 Å². The first-order valence-electron chi connectivity index (χ1n) is 8.48. The van der Waals surface area contributed by atoms with E-state index >= 15 is 0 Å². The highest BCUT2D eigenvalue weighted by Crippen LogP contribution is 2.25. The topological polar surface area (TPSA) is 44.0 Å². The van der Waals surface area contributed by atoms with Crippen molar-refractivity contribution < 1.29 is 0 Å². The zero-order chi connectivity index (χ0) is 16.4. The fourth-order valence-corrected chi connectivity index (χ4v) is 3.35. The summed E-state index contributed by atoms with van der Waals surface area (Å²) in [4.78, 5) is 24.8. The molecular formula is C19H24N2O2. The lowest BCUT2D eigenvalue weighted by atomic mass is 10.0. The lowest BCUT2D eigenvalue weighted by molar-refractivity contribution is 0.445. The van der Waals surface area contributed by atoms with Gasteiger partial charge in [-0.1, -0.05) is 38.8 Å². The van der Waals surface area contributed by atoms with Crippen LogP contribution in [0.25, 0.3) is 5.69 Å². The number of rotatable bonds is 4. The summed E-state index contributed by atoms with van der Waals surface area (Å²) in [5, 5.41) is 0. The van der Waals surface area contributed by atoms with Crippen LogP contribution in [0, 0.1) is 5.92 Å². The molecule has 0 amide bonds. The molecular weight excluding hydrogens is 288 g/mol. The first-order chi connectivity index (χ1) is 11.1. The highest BCUT2D eigenvalue weighted by molar-refractivity contribution is 5.35. The average Bonchev–Trinajstić information content (AvgIpc) is 3.05. The Labute approximate surface area is 136 Å². The van der Waals surface area contributed by atoms with Gasteiger partial charge in [0.2, 0.25) is 0 Å². The lowest BCUT2D eigenvalue weighted by Crippen LogP contribution is -2.40. The second kappa shape index (κ2) is 6.57. The van der Waals surface area contributed by atoms with Crippen molar-refractivity contribution in [3.05, 3.63) is 62.9 Å². The Morgan fingerprint density at radius 2 is 1.65 bits per heavy atom. The van der Waals surface area contributed by atoms with Gasteiger partial charge in [0.25, 0.3) is 0 Å². The van der Waals surface area contributed by atoms with E-state index in [1.807, 2.05) is 24.3 Å². The van der Waals surface area contributed by atoms with Crippen LogP contribution in [0.15, 0.2) is 46.2 Å². The summed E-state index contributed by atoms with van der Waals surface area (Å²) >= 11 is 0. The molecule has 1 aromatic heterocycles. The first-order valence-corrected chi connectivity index (χ1v) is 8.48. The number of hydrogen-bond donors (Lipinski definition) is 0. The maximum absolute atomic E-state index is 12.4. The summed E-state index contributed by atoms with van der Waals surface area (Å²) in [7, 11) is 0. The Morgan fingerprint density at radius 3 is 2.26 bits per heavy atom. The lowest BCUT2D eigenvalue weighted by Gasteiger charge is -2.13. The molecule has 0 atom stereocenters. The van der Waals surface area contributed by atoms with E-state index in [0.717, 1.165) is 18.5 Å². The van der Waals surface area contributed by atoms with Gasteiger partial charge in [-0.05, 0) is 42.4 Å². The van der Waals surface area contributed by atoms with Crippen LogP contribution in [0.5, 0.6) is 0 Å². The smallest absolute Gasteiger partial charge is 0.309 e. The number of aromatic nitrogens is 2. The van der Waals surface area contributed by atoms with Gasteiger partial charge in [0.1, 0.15) is 0 Å². The van der Waals surface area contributed by atoms with Crippen molar-refractivity contribution in [3.63, 3.8) is 0 Å². The molecule has 23 heavy (non-hydrogen) atoms. The molecule has 1 heterocycles. The van der Waals surface area contributed by atoms with Crippen molar-refractivity contribution in [1.29, 1.82) is 0 Å². The monoisotopic (exact) mass is 312 g/mol. The Morgan fingerprint density at radius 1 is 1.00 bits per heavy atom. The molecule has 1 aliphatic rings. The predicted octanol–water partition coefficient (Wildman–Crippen LogP) is 3.31. The molecule has 0 aliphatic heterocycles. The standard InChI is InChI=1S/C19H24N2O2/c1-14(2)16-7-9-17(10-8-16)21-12-11-20(18(22)19(21)23)13-15-5-3-4-6-15/h7-12,14-15H,3-6,13H2,1-2H3. The first kappa shape index (κ1) is 15.8. The molecule has 2 aromatic rings. The van der Waals surface area contributed by atoms with Gasteiger partial charge in [0.15, 0.2) is 0 Å². The van der Waals surface area contributed by atoms with Gasteiger partial charge in [-0.15, -0.1) is 0 Å². The van der Waals surface area contributed by atoms with Crippen molar-refractivity contribution in [1.82, 2.24) is 9.13 Å². The van der Waals surface area contributed by atoms with Crippen molar-refractivity contribution in [3.8, 4) is 5.69 Å². The number of nitrogens with zero attached hydrogens (tertiary/aromatic N) is 2. The Bertz CT molecular complexity index is 778. The molecule has 1 aliphatic carbocycles. The van der Waals surface area contributed by atoms with Crippen LogP contribution < -0.4 is 11.1 Å². The minimum atomic E-state index is -0.470. The maximum Gasteiger partial charge on any atom is 0.320 e. The third kappa shape index (κ3) is 3.31. The van der Waals surface area contributed by atoms with Crippen LogP contribution in [0.4, 0.5) is 0 Å². The quantitative estimate of drug-likeness (QED) is 0.813. The van der Waals surface area contributed by atoms with E-state index in [4.69, 9.17) is 0 Å². The van der Waals surface area contributed by atoms with E-state index < -0.39 is 11.1 Å². The summed E-state index contributed by atoms with van der Waals surface area (Å²) in [6, 6.07) is 7.82. The molecule has 122 valence electrons. The van der Waals surface area contributed by atoms with Gasteiger partial charge in [0, 0.05) is 24.6 Å². The summed E-state index contributed by atoms with van der Waals surface area (Å²) < 4.78 is 3.02. The summed E-state index contributed by atoms with van der Waals surface area (Å²) in [5.74, 6) is 0.980. The Balaban J connectivity index is 1.90. The summed E-state index contributed by atoms with van der Waals surface area (Å²) in [6.07, 6.45) is 8.25. The van der Waals surface area contributed by atoms with Crippen LogP contribution in [0.3, 0.4) is 0 Å². The molecule has 0 unspecified atom stereocenters. The molecule has 1 aromatic carbocycles. The van der Waals surface area contributed by atoms with Gasteiger partial charge in [-0.25, -0.2) is 0 Å². The van der Waals surface area contributed by atoms with Crippen LogP contribution >= 0.6 is 0 Å². The third-order valence-electron chi connectivity index (χ3n) is 4.83. The fourth-order valence-electron chi connectivity index (χ4n) is 3.35. The zero-order valence-corrected chi connectivity index (χ0v) is 13.9. The highest BCUT2D eigenvalue weighted by Gasteiger charge is 2.17. The van der Waals surface area contributed by atoms with Crippen molar-refractivity contribution in [2.45, 2.75) is 52.0 Å². The van der Waals surface area contributed by atoms with Crippen LogP contribution in [-0.2, 0) is 6.54 Å². The second-order valence-corrected chi connectivity index (χ2v) is 6.83. The van der Waals surface area contributed by atoms with Gasteiger partial charge in [-0.3, -0.25) is 14.2 Å². The average molecular weight is 312 g/mol. The van der Waals surface area contributed by atoms with Crippen LogP contribution in [-0.4, -0.2) is 9.13 Å². The molecule has 0 bridgehead atoms. The molecule has 4 heteroatoms. The molecule has 0 saturated heterocycles. The molecule has 1 saturated carbocycles. The van der Waals surface area contributed by atoms with Crippen molar-refractivity contribution >= 4 is 0 Å². The predicted molar refractivity (Wildman–Crippen MR) is 92.3 cm³/mol. The minimum absolute atomic E-state index is 0.424. The molecule has 0 radical (unpaired) electrons. The van der Waals surface area contributed by atoms with E-state index in [-0.39, 0.29) is 0 Å². The van der Waals surface area contributed by atoms with Gasteiger partial charge < -0.3 is 4.57 Å². The fraction of sp³-hybridized carbons (Fsp3) is 0.474. The molecule has 0 spiro atoms. The van der Waals surface area contributed by atoms with Gasteiger partial charge in [0.05, 0.1) is 0 Å². The SMILES string of the molecule is CC(C)c1ccc(-n2ccn(CC3CCCC3)c(=O)c2=O)cc1. The van der Waals surface area contributed by atoms with Crippen molar-refractivity contribution in [2.75, 3.05) is 0 Å². The maximum atomic E-state index is 12.4. The number of benzene rings is 1. The van der Waals surface area contributed by atoms with E-state index in [9.17, 15) is 9.59 Å². The number of hydrogen-bond acceptors (Lipinski definition) is 2. The molecule has 1 fully saturated rings. The second-order valence-electron chi connectivity index (χ2n) is 6.83. The van der Waals surface area contributed by atoms with E-state index in [0.29, 0.717) is 18.4 Å². The molecule has 4 nitrogen and oxygen atoms in total.